The largest absolute Gasteiger partial charge is 0.504 e. The van der Waals surface area contributed by atoms with Crippen molar-refractivity contribution in [3.63, 3.8) is 0 Å². The number of rotatable bonds is 12. The molecular formula is C25H31NO7Si. The van der Waals surface area contributed by atoms with Crippen LogP contribution in [0.1, 0.15) is 36.7 Å². The van der Waals surface area contributed by atoms with Crippen LogP contribution in [-0.4, -0.2) is 46.7 Å². The minimum absolute atomic E-state index is 0.0884. The summed E-state index contributed by atoms with van der Waals surface area (Å²) in [5.41, 5.74) is 1.53. The zero-order valence-corrected chi connectivity index (χ0v) is 20.7. The molecule has 8 nitrogen and oxygen atoms in total. The Bertz CT molecular complexity index is 957. The summed E-state index contributed by atoms with van der Waals surface area (Å²) < 4.78 is 28.6. The fourth-order valence-electron chi connectivity index (χ4n) is 4.42. The van der Waals surface area contributed by atoms with Crippen LogP contribution in [-0.2, 0) is 24.6 Å². The highest BCUT2D eigenvalue weighted by Gasteiger charge is 2.83. The molecule has 9 heteroatoms. The molecule has 2 aliphatic carbocycles. The van der Waals surface area contributed by atoms with Gasteiger partial charge in [0.25, 0.3) is 0 Å². The third-order valence-electron chi connectivity index (χ3n) is 6.06. The van der Waals surface area contributed by atoms with Gasteiger partial charge in [-0.25, -0.2) is 9.59 Å². The van der Waals surface area contributed by atoms with Crippen molar-refractivity contribution >= 4 is 20.9 Å². The van der Waals surface area contributed by atoms with Gasteiger partial charge in [-0.2, -0.15) is 0 Å². The molecule has 2 atom stereocenters. The first-order valence-electron chi connectivity index (χ1n) is 11.7. The van der Waals surface area contributed by atoms with E-state index in [9.17, 15) is 9.59 Å². The van der Waals surface area contributed by atoms with Gasteiger partial charge in [0.2, 0.25) is 0 Å². The number of nitrogens with one attached hydrogen (secondary N) is 1. The highest BCUT2D eigenvalue weighted by atomic mass is 28.4. The Balaban J connectivity index is 1.20. The topological polar surface area (TPSA) is 92.3 Å². The van der Waals surface area contributed by atoms with Gasteiger partial charge in [0.05, 0.1) is 5.56 Å². The second-order valence-corrected chi connectivity index (χ2v) is 11.0. The maximum absolute atomic E-state index is 12.3. The molecule has 1 amide bonds. The van der Waals surface area contributed by atoms with Crippen LogP contribution in [0, 0.1) is 11.8 Å². The number of hydrogen-bond acceptors (Lipinski definition) is 7. The van der Waals surface area contributed by atoms with E-state index in [1.54, 1.807) is 48.5 Å². The minimum Gasteiger partial charge on any atom is -0.445 e. The summed E-state index contributed by atoms with van der Waals surface area (Å²) in [5.74, 6) is 0.678. The summed E-state index contributed by atoms with van der Waals surface area (Å²) in [5, 5.41) is 2.93. The second-order valence-electron chi connectivity index (χ2n) is 8.23. The summed E-state index contributed by atoms with van der Waals surface area (Å²) >= 11 is 0. The van der Waals surface area contributed by atoms with E-state index in [4.69, 9.17) is 22.8 Å². The van der Waals surface area contributed by atoms with Gasteiger partial charge < -0.3 is 28.1 Å². The molecule has 0 heterocycles. The average molecular weight is 486 g/mol. The van der Waals surface area contributed by atoms with Crippen LogP contribution in [0.5, 0.6) is 5.75 Å². The van der Waals surface area contributed by atoms with Crippen LogP contribution in [0.25, 0.3) is 0 Å². The van der Waals surface area contributed by atoms with Crippen molar-refractivity contribution < 1.29 is 32.3 Å². The number of hydrogen-bond donors (Lipinski definition) is 1. The fraction of sp³-hybridized carbons (Fsp3) is 0.440. The fourth-order valence-corrected chi connectivity index (χ4v) is 8.15. The summed E-state index contributed by atoms with van der Waals surface area (Å²) in [7, 11) is -2.71. The van der Waals surface area contributed by atoms with Gasteiger partial charge in [0, 0.05) is 31.4 Å². The molecule has 0 radical (unpaired) electrons. The van der Waals surface area contributed by atoms with Crippen molar-refractivity contribution in [1.29, 1.82) is 0 Å². The first-order valence-corrected chi connectivity index (χ1v) is 13.5. The maximum atomic E-state index is 12.3. The predicted molar refractivity (Wildman–Crippen MR) is 126 cm³/mol. The average Bonchev–Trinajstić information content (AvgIpc) is 3.75. The molecule has 0 aromatic heterocycles. The number of ether oxygens (including phenoxy) is 2. The summed E-state index contributed by atoms with van der Waals surface area (Å²) in [6.07, 6.45) is -0.452. The van der Waals surface area contributed by atoms with E-state index in [0.29, 0.717) is 43.0 Å². The third-order valence-corrected chi connectivity index (χ3v) is 9.72. The number of fused-ring (bicyclic) bond motifs is 1. The van der Waals surface area contributed by atoms with Gasteiger partial charge in [-0.1, -0.05) is 30.3 Å². The molecule has 34 heavy (non-hydrogen) atoms. The molecule has 2 unspecified atom stereocenters. The van der Waals surface area contributed by atoms with Crippen molar-refractivity contribution in [2.75, 3.05) is 19.8 Å². The molecular weight excluding hydrogens is 454 g/mol. The molecule has 0 bridgehead atoms. The van der Waals surface area contributed by atoms with E-state index >= 15 is 0 Å². The molecule has 2 aliphatic rings. The molecule has 4 rings (SSSR count). The van der Waals surface area contributed by atoms with Gasteiger partial charge in [-0.05, 0) is 62.4 Å². The molecule has 0 aliphatic heterocycles. The maximum Gasteiger partial charge on any atom is 0.504 e. The van der Waals surface area contributed by atoms with Crippen LogP contribution < -0.4 is 10.1 Å². The first-order chi connectivity index (χ1) is 16.5. The van der Waals surface area contributed by atoms with Crippen LogP contribution in [0.4, 0.5) is 4.79 Å². The number of esters is 1. The van der Waals surface area contributed by atoms with Crippen LogP contribution in [0.3, 0.4) is 0 Å². The third kappa shape index (κ3) is 5.33. The van der Waals surface area contributed by atoms with Crippen LogP contribution in [0.2, 0.25) is 5.54 Å². The lowest BCUT2D eigenvalue weighted by Gasteiger charge is -2.32. The van der Waals surface area contributed by atoms with Gasteiger partial charge in [-0.3, -0.25) is 0 Å². The van der Waals surface area contributed by atoms with Gasteiger partial charge in [-0.15, -0.1) is 0 Å². The summed E-state index contributed by atoms with van der Waals surface area (Å²) in [6.45, 7) is 7.60. The Labute approximate surface area is 200 Å². The number of carbonyl (C=O) groups excluding carboxylic acids is 2. The molecule has 2 fully saturated rings. The molecule has 2 aromatic rings. The Kier molecular flexibility index (Phi) is 7.67. The zero-order chi connectivity index (χ0) is 24.1. The van der Waals surface area contributed by atoms with Crippen molar-refractivity contribution in [3.8, 4) is 5.75 Å². The van der Waals surface area contributed by atoms with E-state index in [-0.39, 0.29) is 18.2 Å². The monoisotopic (exact) mass is 485 g/mol. The lowest BCUT2D eigenvalue weighted by atomic mass is 10.2. The normalized spacial score (nSPS) is 22.4. The van der Waals surface area contributed by atoms with Gasteiger partial charge >= 0.3 is 20.9 Å². The standard InChI is InChI=1S/C25H31NO7Si/c1-4-30-34(31-5-2,32-6-3)23-20-21(23)22(20)26-25(28)29-16-17-12-14-19(15-13-17)33-24(27)18-10-8-7-9-11-18/h7-15,20-23H,4-6,16H2,1-3H3,(H,26,28). The number of amides is 1. The zero-order valence-electron chi connectivity index (χ0n) is 19.7. The van der Waals surface area contributed by atoms with Crippen molar-refractivity contribution in [2.24, 2.45) is 11.8 Å². The summed E-state index contributed by atoms with van der Waals surface area (Å²) in [4.78, 5) is 24.4. The summed E-state index contributed by atoms with van der Waals surface area (Å²) in [6, 6.07) is 15.8. The Morgan fingerprint density at radius 3 is 2.00 bits per heavy atom. The highest BCUT2D eigenvalue weighted by molar-refractivity contribution is 6.64. The van der Waals surface area contributed by atoms with Gasteiger partial charge in [0.15, 0.2) is 0 Å². The van der Waals surface area contributed by atoms with E-state index < -0.39 is 20.9 Å². The Morgan fingerprint density at radius 1 is 0.853 bits per heavy atom. The van der Waals surface area contributed by atoms with Crippen molar-refractivity contribution in [2.45, 2.75) is 39.0 Å². The number of alkyl carbamates (subject to hydrolysis) is 1. The van der Waals surface area contributed by atoms with E-state index in [2.05, 4.69) is 5.32 Å². The lowest BCUT2D eigenvalue weighted by Crippen LogP contribution is -2.51. The molecule has 2 aromatic carbocycles. The van der Waals surface area contributed by atoms with Crippen LogP contribution >= 0.6 is 0 Å². The Hall–Kier alpha value is -2.72. The molecule has 0 saturated heterocycles. The second kappa shape index (κ2) is 10.7. The Morgan fingerprint density at radius 2 is 1.44 bits per heavy atom. The van der Waals surface area contributed by atoms with Crippen molar-refractivity contribution in [1.82, 2.24) is 5.32 Å². The lowest BCUT2D eigenvalue weighted by molar-refractivity contribution is 0.0633. The number of carbonyl (C=O) groups is 2. The van der Waals surface area contributed by atoms with E-state index in [0.717, 1.165) is 5.56 Å². The molecule has 0 spiro atoms. The van der Waals surface area contributed by atoms with E-state index in [1.165, 1.54) is 0 Å². The molecule has 1 N–H and O–H groups in total. The minimum atomic E-state index is -2.71. The highest BCUT2D eigenvalue weighted by Crippen LogP contribution is 2.76. The van der Waals surface area contributed by atoms with Crippen molar-refractivity contribution in [3.05, 3.63) is 65.7 Å². The quantitative estimate of drug-likeness (QED) is 0.274. The first kappa shape index (κ1) is 24.4. The van der Waals surface area contributed by atoms with Crippen LogP contribution in [0.15, 0.2) is 54.6 Å². The molecule has 182 valence electrons. The van der Waals surface area contributed by atoms with Gasteiger partial charge in [0.1, 0.15) is 12.4 Å². The smallest absolute Gasteiger partial charge is 0.445 e. The predicted octanol–water partition coefficient (Wildman–Crippen LogP) is 4.18. The number of benzene rings is 2. The molecule has 2 saturated carbocycles. The SMILES string of the molecule is CCO[Si](OCC)(OCC)C1C2C(NC(=O)OCc3ccc(OC(=O)c4ccccc4)cc3)C21. The van der Waals surface area contributed by atoms with E-state index in [1.807, 2.05) is 26.8 Å².